The van der Waals surface area contributed by atoms with E-state index >= 15 is 0 Å². The van der Waals surface area contributed by atoms with E-state index in [2.05, 4.69) is 20.9 Å². The van der Waals surface area contributed by atoms with Crippen LogP contribution in [0.4, 0.5) is 5.13 Å². The van der Waals surface area contributed by atoms with Gasteiger partial charge in [0.2, 0.25) is 5.91 Å². The molecule has 1 aromatic rings. The summed E-state index contributed by atoms with van der Waals surface area (Å²) in [5, 5.41) is 0.334. The fourth-order valence-corrected chi connectivity index (χ4v) is 2.97. The van der Waals surface area contributed by atoms with E-state index in [-0.39, 0.29) is 37.0 Å². The van der Waals surface area contributed by atoms with Crippen LogP contribution in [-0.2, 0) is 14.3 Å². The lowest BCUT2D eigenvalue weighted by atomic mass is 10.3. The molecule has 1 aliphatic heterocycles. The van der Waals surface area contributed by atoms with Gasteiger partial charge in [-0.2, -0.15) is 0 Å². The Morgan fingerprint density at radius 2 is 2.28 bits per heavy atom. The fourth-order valence-electron chi connectivity index (χ4n) is 1.49. The molecule has 1 saturated heterocycles. The second-order valence-corrected chi connectivity index (χ2v) is 5.83. The summed E-state index contributed by atoms with van der Waals surface area (Å²) in [6, 6.07) is 0. The molecule has 1 aromatic heterocycles. The Hall–Kier alpha value is -1.28. The zero-order valence-corrected chi connectivity index (χ0v) is 11.8. The van der Waals surface area contributed by atoms with Crippen molar-refractivity contribution in [1.82, 2.24) is 4.98 Å². The minimum atomic E-state index is -0.551. The molecule has 0 atom stereocenters. The van der Waals surface area contributed by atoms with Crippen molar-refractivity contribution in [3.8, 4) is 0 Å². The molecule has 2 heterocycles. The maximum Gasteiger partial charge on any atom is 0.359 e. The Bertz CT molecular complexity index is 528. The molecule has 0 saturated carbocycles. The molecule has 18 heavy (non-hydrogen) atoms. The Labute approximate surface area is 115 Å². The van der Waals surface area contributed by atoms with Crippen molar-refractivity contribution in [3.05, 3.63) is 9.48 Å². The van der Waals surface area contributed by atoms with E-state index in [9.17, 15) is 14.4 Å². The van der Waals surface area contributed by atoms with Crippen molar-refractivity contribution in [2.24, 2.45) is 0 Å². The zero-order valence-electron chi connectivity index (χ0n) is 9.43. The summed E-state index contributed by atoms with van der Waals surface area (Å²) in [4.78, 5) is 39.6. The maximum atomic E-state index is 11.6. The zero-order chi connectivity index (χ0) is 13.3. The topological polar surface area (TPSA) is 76.6 Å². The number of aromatic nitrogens is 1. The Morgan fingerprint density at radius 1 is 1.56 bits per heavy atom. The fraction of sp³-hybridized carbons (Fsp3) is 0.400. The highest BCUT2D eigenvalue weighted by Crippen LogP contribution is 2.33. The van der Waals surface area contributed by atoms with E-state index in [1.165, 1.54) is 4.90 Å². The van der Waals surface area contributed by atoms with E-state index in [4.69, 9.17) is 4.74 Å². The van der Waals surface area contributed by atoms with Crippen LogP contribution in [-0.4, -0.2) is 35.8 Å². The third kappa shape index (κ3) is 2.44. The molecule has 1 amide bonds. The molecular weight excluding hydrogens is 324 g/mol. The average molecular weight is 333 g/mol. The van der Waals surface area contributed by atoms with E-state index in [0.717, 1.165) is 11.3 Å². The number of amides is 1. The summed E-state index contributed by atoms with van der Waals surface area (Å²) >= 11 is 4.33. The lowest BCUT2D eigenvalue weighted by Gasteiger charge is -2.08. The van der Waals surface area contributed by atoms with Crippen LogP contribution in [0.25, 0.3) is 0 Å². The van der Waals surface area contributed by atoms with Gasteiger partial charge in [0.15, 0.2) is 16.6 Å². The number of ether oxygens (including phenoxy) is 1. The third-order valence-electron chi connectivity index (χ3n) is 2.26. The van der Waals surface area contributed by atoms with Gasteiger partial charge in [-0.3, -0.25) is 14.5 Å². The number of esters is 1. The predicted molar refractivity (Wildman–Crippen MR) is 67.7 cm³/mol. The van der Waals surface area contributed by atoms with Crippen LogP contribution >= 0.6 is 27.3 Å². The monoisotopic (exact) mass is 332 g/mol. The number of halogens is 1. The first-order chi connectivity index (χ1) is 8.52. The number of carbonyl (C=O) groups excluding carboxylic acids is 3. The Morgan fingerprint density at radius 3 is 2.83 bits per heavy atom. The van der Waals surface area contributed by atoms with Gasteiger partial charge in [0.1, 0.15) is 3.79 Å². The third-order valence-corrected chi connectivity index (χ3v) is 3.99. The van der Waals surface area contributed by atoms with Crippen molar-refractivity contribution in [1.29, 1.82) is 0 Å². The van der Waals surface area contributed by atoms with E-state index in [1.807, 2.05) is 0 Å². The van der Waals surface area contributed by atoms with Gasteiger partial charge in [0, 0.05) is 0 Å². The molecule has 0 spiro atoms. The second-order valence-electron chi connectivity index (χ2n) is 3.53. The highest BCUT2D eigenvalue weighted by Gasteiger charge is 2.32. The molecular formula is C10H9BrN2O4S. The number of hydrogen-bond acceptors (Lipinski definition) is 6. The summed E-state index contributed by atoms with van der Waals surface area (Å²) in [5.74, 6) is -0.995. The van der Waals surface area contributed by atoms with Gasteiger partial charge in [-0.1, -0.05) is 11.3 Å². The molecule has 1 aliphatic rings. The summed E-state index contributed by atoms with van der Waals surface area (Å²) in [5.41, 5.74) is 0.129. The molecule has 0 aromatic carbocycles. The van der Waals surface area contributed by atoms with Crippen molar-refractivity contribution in [3.63, 3.8) is 0 Å². The molecule has 0 radical (unpaired) electrons. The highest BCUT2D eigenvalue weighted by atomic mass is 79.9. The molecule has 0 N–H and O–H groups in total. The van der Waals surface area contributed by atoms with Gasteiger partial charge < -0.3 is 4.74 Å². The van der Waals surface area contributed by atoms with Crippen molar-refractivity contribution in [2.75, 3.05) is 18.1 Å². The Balaban J connectivity index is 2.26. The first-order valence-corrected chi connectivity index (χ1v) is 6.79. The van der Waals surface area contributed by atoms with Gasteiger partial charge in [-0.25, -0.2) is 9.78 Å². The van der Waals surface area contributed by atoms with E-state index in [0.29, 0.717) is 8.92 Å². The number of anilines is 1. The number of hydrogen-bond donors (Lipinski definition) is 0. The molecule has 1 fully saturated rings. The number of carbonyl (C=O) groups is 3. The molecule has 0 unspecified atom stereocenters. The summed E-state index contributed by atoms with van der Waals surface area (Å²) < 4.78 is 5.33. The quantitative estimate of drug-likeness (QED) is 0.617. The Kier molecular flexibility index (Phi) is 3.76. The van der Waals surface area contributed by atoms with E-state index in [1.54, 1.807) is 6.92 Å². The summed E-state index contributed by atoms with van der Waals surface area (Å²) in [6.45, 7) is 1.96. The average Bonchev–Trinajstić information content (AvgIpc) is 2.82. The molecule has 2 rings (SSSR count). The van der Waals surface area contributed by atoms with Gasteiger partial charge in [-0.05, 0) is 22.9 Å². The maximum absolute atomic E-state index is 11.6. The lowest BCUT2D eigenvalue weighted by molar-refractivity contribution is -0.121. The van der Waals surface area contributed by atoms with Gasteiger partial charge in [0.05, 0.1) is 19.6 Å². The van der Waals surface area contributed by atoms with Crippen LogP contribution in [0.15, 0.2) is 3.79 Å². The standard InChI is InChI=1S/C10H9BrN2O4S/c1-2-17-9(16)7-8(11)18-10(12-7)13-4-5(14)3-6(13)15/h2-4H2,1H3. The van der Waals surface area contributed by atoms with E-state index < -0.39 is 5.97 Å². The van der Waals surface area contributed by atoms with Crippen molar-refractivity contribution in [2.45, 2.75) is 13.3 Å². The van der Waals surface area contributed by atoms with Crippen molar-refractivity contribution >= 4 is 50.1 Å². The second kappa shape index (κ2) is 5.15. The number of rotatable bonds is 3. The summed E-state index contributed by atoms with van der Waals surface area (Å²) in [6.07, 6.45) is -0.105. The summed E-state index contributed by atoms with van der Waals surface area (Å²) in [7, 11) is 0. The largest absolute Gasteiger partial charge is 0.461 e. The normalized spacial score (nSPS) is 15.3. The lowest BCUT2D eigenvalue weighted by Crippen LogP contribution is -2.24. The van der Waals surface area contributed by atoms with Crippen LogP contribution in [0.1, 0.15) is 23.8 Å². The number of ketones is 1. The molecule has 6 nitrogen and oxygen atoms in total. The smallest absolute Gasteiger partial charge is 0.359 e. The minimum Gasteiger partial charge on any atom is -0.461 e. The number of thiazole rings is 1. The molecule has 8 heteroatoms. The highest BCUT2D eigenvalue weighted by molar-refractivity contribution is 9.11. The van der Waals surface area contributed by atoms with Gasteiger partial charge >= 0.3 is 5.97 Å². The van der Waals surface area contributed by atoms with Gasteiger partial charge in [0.25, 0.3) is 0 Å². The predicted octanol–water partition coefficient (Wildman–Crippen LogP) is 1.39. The molecule has 0 bridgehead atoms. The van der Waals surface area contributed by atoms with Crippen LogP contribution in [0.2, 0.25) is 0 Å². The first kappa shape index (κ1) is 13.2. The van der Waals surface area contributed by atoms with Crippen LogP contribution in [0.5, 0.6) is 0 Å². The number of Topliss-reactive ketones (excluding diaryl/α,β-unsaturated/α-hetero) is 1. The van der Waals surface area contributed by atoms with Gasteiger partial charge in [-0.15, -0.1) is 0 Å². The molecule has 96 valence electrons. The minimum absolute atomic E-state index is 0.0149. The van der Waals surface area contributed by atoms with Crippen molar-refractivity contribution < 1.29 is 19.1 Å². The van der Waals surface area contributed by atoms with Crippen LogP contribution in [0.3, 0.4) is 0 Å². The van der Waals surface area contributed by atoms with Crippen LogP contribution < -0.4 is 4.90 Å². The van der Waals surface area contributed by atoms with Crippen LogP contribution in [0, 0.1) is 0 Å². The number of nitrogens with zero attached hydrogens (tertiary/aromatic N) is 2. The first-order valence-electron chi connectivity index (χ1n) is 5.18. The molecule has 0 aliphatic carbocycles. The SMILES string of the molecule is CCOC(=O)c1nc(N2CC(=O)CC2=O)sc1Br.